The van der Waals surface area contributed by atoms with E-state index >= 15 is 0 Å². The van der Waals surface area contributed by atoms with Gasteiger partial charge < -0.3 is 0 Å². The van der Waals surface area contributed by atoms with Crippen molar-refractivity contribution < 1.29 is 6.89 Å². The van der Waals surface area contributed by atoms with Gasteiger partial charge in [-0.05, 0) is 0 Å². The van der Waals surface area contributed by atoms with Crippen LogP contribution in [0.3, 0.4) is 0 Å². The second kappa shape index (κ2) is 13.1. The Labute approximate surface area is 302 Å². The van der Waals surface area contributed by atoms with Crippen molar-refractivity contribution in [3.8, 4) is 39.1 Å². The molecule has 0 saturated heterocycles. The average Bonchev–Trinajstić information content (AvgIpc) is 3.97. The number of rotatable bonds is 5. The van der Waals surface area contributed by atoms with Gasteiger partial charge in [-0.15, -0.1) is 0 Å². The van der Waals surface area contributed by atoms with Gasteiger partial charge in [0.2, 0.25) is 0 Å². The number of benzene rings is 4. The molecule has 51 heavy (non-hydrogen) atoms. The summed E-state index contributed by atoms with van der Waals surface area (Å²) < 4.78 is 25.2. The fourth-order valence-corrected chi connectivity index (χ4v) is 9.33. The molecule has 7 aromatic rings. The van der Waals surface area contributed by atoms with E-state index in [0.717, 1.165) is 72.5 Å². The Morgan fingerprint density at radius 1 is 0.510 bits per heavy atom. The molecular weight excluding hydrogens is 735 g/mol. The summed E-state index contributed by atoms with van der Waals surface area (Å²) in [5.74, 6) is 0. The Morgan fingerprint density at radius 3 is 1.61 bits per heavy atom. The van der Waals surface area contributed by atoms with Crippen LogP contribution in [-0.2, 0) is 0 Å². The number of para-hydroxylation sites is 1. The molecule has 0 saturated carbocycles. The molecule has 9 rings (SSSR count). The first-order valence-corrected chi connectivity index (χ1v) is 21.5. The van der Waals surface area contributed by atoms with Crippen LogP contribution in [0, 0.1) is 0 Å². The molecule has 0 radical (unpaired) electrons. The minimum atomic E-state index is -4.21. The van der Waals surface area contributed by atoms with E-state index in [9.17, 15) is 6.89 Å². The van der Waals surface area contributed by atoms with Crippen molar-refractivity contribution in [1.29, 1.82) is 0 Å². The zero-order valence-electron chi connectivity index (χ0n) is 27.5. The third kappa shape index (κ3) is 5.83. The maximum absolute atomic E-state index is 11.2. The molecule has 8 bridgehead atoms. The Hall–Kier alpha value is -5.80. The standard InChI is InChI=1S/C44H29N4.2H2O.Sn.H/c1-5-13-30(14-6-1)41-39-26-25-36(47-39)28-35-22-21-33(45-35)27-34-23-24-37(46-34)29-40-42(31-15-7-2-8-16-31)43(32-17-9-3-10-18-32)44(41)48(40)38-19-11-4-12-20-38;;;;/h1-25,27-29,45H;2*1H2;;/q;;;+2;/p-2. The van der Waals surface area contributed by atoms with Crippen LogP contribution in [-0.4, -0.2) is 47.0 Å². The molecule has 2 aliphatic rings. The Morgan fingerprint density at radius 2 is 1.02 bits per heavy atom. The van der Waals surface area contributed by atoms with E-state index in [2.05, 4.69) is 94.5 Å². The van der Waals surface area contributed by atoms with Gasteiger partial charge in [-0.3, -0.25) is 0 Å². The van der Waals surface area contributed by atoms with Crippen molar-refractivity contribution in [1.82, 2.24) is 19.5 Å². The van der Waals surface area contributed by atoms with Gasteiger partial charge in [-0.2, -0.15) is 0 Å². The van der Waals surface area contributed by atoms with E-state index in [1.807, 2.05) is 84.9 Å². The van der Waals surface area contributed by atoms with Crippen LogP contribution >= 0.6 is 0 Å². The molecule has 0 fully saturated rings. The van der Waals surface area contributed by atoms with E-state index in [0.29, 0.717) is 15.0 Å². The molecule has 7 heteroatoms. The molecule has 0 spiro atoms. The number of hydrogen-bond donors (Lipinski definition) is 3. The van der Waals surface area contributed by atoms with Crippen LogP contribution in [0.15, 0.2) is 152 Å². The van der Waals surface area contributed by atoms with Crippen molar-refractivity contribution in [2.45, 2.75) is 0 Å². The van der Waals surface area contributed by atoms with E-state index in [4.69, 9.17) is 9.97 Å². The third-order valence-corrected chi connectivity index (χ3v) is 12.1. The molecule has 0 atom stereocenters. The summed E-state index contributed by atoms with van der Waals surface area (Å²) in [6, 6.07) is 51.6. The van der Waals surface area contributed by atoms with Crippen LogP contribution in [0.2, 0.25) is 0 Å². The molecule has 4 aromatic carbocycles. The molecule has 3 N–H and O–H groups in total. The Kier molecular flexibility index (Phi) is 8.04. The molecule has 5 heterocycles. The molecule has 0 unspecified atom stereocenters. The number of aromatic amines is 1. The summed E-state index contributed by atoms with van der Waals surface area (Å²) >= 11 is -4.21. The van der Waals surface area contributed by atoms with Crippen molar-refractivity contribution >= 4 is 64.5 Å². The van der Waals surface area contributed by atoms with E-state index in [1.165, 1.54) is 0 Å². The second-order valence-electron chi connectivity index (χ2n) is 12.6. The molecule has 3 aromatic heterocycles. The molecule has 0 aliphatic carbocycles. The monoisotopic (exact) mass is 768 g/mol. The number of nitrogens with one attached hydrogen (secondary N) is 1. The predicted octanol–water partition coefficient (Wildman–Crippen LogP) is 9.23. The van der Waals surface area contributed by atoms with E-state index in [1.54, 1.807) is 0 Å². The predicted molar refractivity (Wildman–Crippen MR) is 211 cm³/mol. The van der Waals surface area contributed by atoms with Crippen LogP contribution in [0.5, 0.6) is 0 Å². The van der Waals surface area contributed by atoms with Gasteiger partial charge in [0.25, 0.3) is 0 Å². The molecule has 0 amide bonds. The van der Waals surface area contributed by atoms with E-state index in [-0.39, 0.29) is 0 Å². The minimum absolute atomic E-state index is 0.526. The van der Waals surface area contributed by atoms with Crippen molar-refractivity contribution in [2.75, 3.05) is 0 Å². The summed E-state index contributed by atoms with van der Waals surface area (Å²) in [6.45, 7) is 0. The van der Waals surface area contributed by atoms with Gasteiger partial charge in [0, 0.05) is 0 Å². The topological polar surface area (TPSA) is 87.0 Å². The molecule has 6 nitrogen and oxygen atoms in total. The quantitative estimate of drug-likeness (QED) is 0.153. The maximum atomic E-state index is 11.2. The van der Waals surface area contributed by atoms with Gasteiger partial charge in [0.1, 0.15) is 0 Å². The van der Waals surface area contributed by atoms with Crippen LogP contribution < -0.4 is 0 Å². The molecule has 2 aliphatic heterocycles. The van der Waals surface area contributed by atoms with Gasteiger partial charge in [-0.1, -0.05) is 0 Å². The molecular formula is C44H32N4O2Sn. The van der Waals surface area contributed by atoms with Crippen molar-refractivity contribution in [2.24, 2.45) is 0 Å². The SMILES string of the molecule is [OH][SnH]([OH])[C]1=Cc2cc3ccc(cc4nc(cc5c(-c6ccccc6)c(-c6ccccc6)c(c(-c6ccccc6)c1n2)n5-c1ccccc1)C=C4)[nH]3. The summed E-state index contributed by atoms with van der Waals surface area (Å²) in [4.78, 5) is 13.8. The average molecular weight is 767 g/mol. The first kappa shape index (κ1) is 31.2. The third-order valence-electron chi connectivity index (χ3n) is 9.28. The van der Waals surface area contributed by atoms with E-state index < -0.39 is 20.6 Å². The van der Waals surface area contributed by atoms with Gasteiger partial charge in [0.15, 0.2) is 0 Å². The number of fused-ring (bicyclic) bond motifs is 8. The summed E-state index contributed by atoms with van der Waals surface area (Å²) in [6.07, 6.45) is 5.95. The summed E-state index contributed by atoms with van der Waals surface area (Å²) in [5.41, 5.74) is 13.3. The fraction of sp³-hybridized carbons (Fsp3) is 0. The van der Waals surface area contributed by atoms with Crippen molar-refractivity contribution in [3.05, 3.63) is 174 Å². The summed E-state index contributed by atoms with van der Waals surface area (Å²) in [7, 11) is 0. The van der Waals surface area contributed by atoms with Crippen molar-refractivity contribution in [3.63, 3.8) is 0 Å². The van der Waals surface area contributed by atoms with Crippen LogP contribution in [0.1, 0.15) is 22.8 Å². The van der Waals surface area contributed by atoms with Gasteiger partial charge >= 0.3 is 304 Å². The number of hydrogen-bond acceptors (Lipinski definition) is 4. The first-order valence-electron chi connectivity index (χ1n) is 16.9. The normalized spacial score (nSPS) is 12.3. The Bertz CT molecular complexity index is 2650. The molecule has 244 valence electrons. The van der Waals surface area contributed by atoms with Gasteiger partial charge in [-0.25, -0.2) is 0 Å². The Balaban J connectivity index is 1.63. The number of aromatic nitrogens is 4. The van der Waals surface area contributed by atoms with Gasteiger partial charge in [0.05, 0.1) is 0 Å². The fourth-order valence-electron chi connectivity index (χ4n) is 7.12. The second-order valence-corrected chi connectivity index (χ2v) is 16.5. The van der Waals surface area contributed by atoms with Crippen LogP contribution in [0.4, 0.5) is 0 Å². The van der Waals surface area contributed by atoms with Crippen LogP contribution in [0.25, 0.3) is 83.0 Å². The number of H-pyrrole nitrogens is 1. The number of nitrogens with zero attached hydrogens (tertiary/aromatic N) is 3. The zero-order valence-corrected chi connectivity index (χ0v) is 30.8. The first-order chi connectivity index (χ1) is 25.1. The summed E-state index contributed by atoms with van der Waals surface area (Å²) in [5, 5.41) is 0. The zero-order chi connectivity index (χ0) is 34.3.